The number of hydrogen-bond donors (Lipinski definition) is 1. The molecule has 38 heavy (non-hydrogen) atoms. The Labute approximate surface area is 222 Å². The molecule has 2 aliphatic heterocycles. The lowest BCUT2D eigenvalue weighted by molar-refractivity contribution is -0.134. The van der Waals surface area contributed by atoms with Gasteiger partial charge >= 0.3 is 0 Å². The summed E-state index contributed by atoms with van der Waals surface area (Å²) in [6.07, 6.45) is 1.84. The number of β-amino-alcohol motifs (C(OH)–C–C–N with tert-alkyl or cyclic N) is 1. The summed E-state index contributed by atoms with van der Waals surface area (Å²) in [5.74, 6) is -0.416. The van der Waals surface area contributed by atoms with Gasteiger partial charge in [-0.3, -0.25) is 14.6 Å². The van der Waals surface area contributed by atoms with E-state index >= 15 is 0 Å². The van der Waals surface area contributed by atoms with Crippen molar-refractivity contribution >= 4 is 17.5 Å². The Bertz CT molecular complexity index is 1390. The smallest absolute Gasteiger partial charge is 0.256 e. The Kier molecular flexibility index (Phi) is 6.77. The number of aliphatic imine (C=N–C) groups is 1. The van der Waals surface area contributed by atoms with Gasteiger partial charge in [0.1, 0.15) is 11.7 Å². The minimum atomic E-state index is -0.834. The van der Waals surface area contributed by atoms with E-state index in [1.165, 1.54) is 0 Å². The van der Waals surface area contributed by atoms with Crippen molar-refractivity contribution in [3.63, 3.8) is 0 Å². The van der Waals surface area contributed by atoms with E-state index in [1.54, 1.807) is 17.2 Å². The van der Waals surface area contributed by atoms with Gasteiger partial charge in [0.25, 0.3) is 5.91 Å². The molecule has 3 aromatic rings. The molecule has 0 aliphatic carbocycles. The molecule has 1 N–H and O–H groups in total. The molecule has 5 rings (SSSR count). The van der Waals surface area contributed by atoms with E-state index in [0.717, 1.165) is 22.4 Å². The van der Waals surface area contributed by atoms with Gasteiger partial charge in [-0.25, -0.2) is 4.99 Å². The van der Waals surface area contributed by atoms with Gasteiger partial charge in [0, 0.05) is 48.6 Å². The fourth-order valence-electron chi connectivity index (χ4n) is 5.77. The number of rotatable bonds is 6. The maximum atomic E-state index is 13.8. The van der Waals surface area contributed by atoms with Crippen molar-refractivity contribution in [1.82, 2.24) is 15.0 Å². The Balaban J connectivity index is 1.39. The van der Waals surface area contributed by atoms with Gasteiger partial charge in [-0.1, -0.05) is 49.3 Å². The zero-order valence-electron chi connectivity index (χ0n) is 22.5. The fourth-order valence-corrected chi connectivity index (χ4v) is 5.77. The van der Waals surface area contributed by atoms with Crippen molar-refractivity contribution < 1.29 is 19.2 Å². The molecule has 8 heteroatoms. The van der Waals surface area contributed by atoms with Crippen LogP contribution in [0, 0.1) is 19.8 Å². The van der Waals surface area contributed by atoms with Gasteiger partial charge in [-0.2, -0.15) is 0 Å². The molecule has 4 heterocycles. The van der Waals surface area contributed by atoms with Crippen LogP contribution in [0.1, 0.15) is 62.2 Å². The number of carbonyl (C=O) groups excluding carboxylic acids is 2. The number of aryl methyl sites for hydroxylation is 2. The van der Waals surface area contributed by atoms with Gasteiger partial charge in [0.15, 0.2) is 0 Å². The molecule has 2 amide bonds. The average molecular weight is 515 g/mol. The van der Waals surface area contributed by atoms with Gasteiger partial charge in [0.2, 0.25) is 5.91 Å². The summed E-state index contributed by atoms with van der Waals surface area (Å²) in [5.41, 5.74) is 4.43. The number of aliphatic hydroxyl groups excluding tert-OH is 1. The number of aliphatic hydroxyl groups is 1. The van der Waals surface area contributed by atoms with Gasteiger partial charge in [0.05, 0.1) is 23.3 Å². The van der Waals surface area contributed by atoms with Crippen molar-refractivity contribution in [1.29, 1.82) is 0 Å². The van der Waals surface area contributed by atoms with Crippen LogP contribution < -0.4 is 0 Å². The van der Waals surface area contributed by atoms with Crippen LogP contribution in [0.25, 0.3) is 11.1 Å². The molecule has 8 nitrogen and oxygen atoms in total. The molecule has 0 bridgehead atoms. The molecule has 1 aromatic carbocycles. The molecule has 198 valence electrons. The minimum absolute atomic E-state index is 0.0346. The standard InChI is InChI=1S/C30H34N4O4/c1-17(2)27(26-13-18(3)33-38-26)28(36)34-16-22(35)14-25(34)24-15-30(5,29(37)32-24)21-10-8-20(9-11-21)23-7-6-12-31-19(23)4/h6-13,17,22,25,27,35H,14-16H2,1-5H3/t22-,25-,27-,30-/m1/s1. The molecule has 1 saturated heterocycles. The third-order valence-electron chi connectivity index (χ3n) is 7.92. The first-order chi connectivity index (χ1) is 18.1. The Morgan fingerprint density at radius 2 is 1.92 bits per heavy atom. The number of carbonyl (C=O) groups is 2. The summed E-state index contributed by atoms with van der Waals surface area (Å²) in [7, 11) is 0. The van der Waals surface area contributed by atoms with E-state index in [4.69, 9.17) is 4.52 Å². The Morgan fingerprint density at radius 3 is 2.55 bits per heavy atom. The second-order valence-corrected chi connectivity index (χ2v) is 11.1. The molecular formula is C30H34N4O4. The van der Waals surface area contributed by atoms with Crippen LogP contribution in [-0.4, -0.2) is 56.4 Å². The predicted molar refractivity (Wildman–Crippen MR) is 144 cm³/mol. The van der Waals surface area contributed by atoms with Gasteiger partial charge < -0.3 is 14.5 Å². The lowest BCUT2D eigenvalue weighted by atomic mass is 9.78. The molecule has 0 unspecified atom stereocenters. The zero-order chi connectivity index (χ0) is 27.2. The van der Waals surface area contributed by atoms with E-state index in [1.807, 2.05) is 71.0 Å². The van der Waals surface area contributed by atoms with Crippen LogP contribution in [0.4, 0.5) is 0 Å². The van der Waals surface area contributed by atoms with Crippen molar-refractivity contribution in [2.45, 2.75) is 70.9 Å². The number of aromatic nitrogens is 2. The van der Waals surface area contributed by atoms with Gasteiger partial charge in [-0.05, 0) is 43.9 Å². The molecular weight excluding hydrogens is 480 g/mol. The fraction of sp³-hybridized carbons (Fsp3) is 0.433. The molecule has 0 saturated carbocycles. The van der Waals surface area contributed by atoms with Crippen LogP contribution in [0.2, 0.25) is 0 Å². The van der Waals surface area contributed by atoms with Crippen LogP contribution in [-0.2, 0) is 15.0 Å². The van der Waals surface area contributed by atoms with E-state index in [0.29, 0.717) is 30.0 Å². The average Bonchev–Trinajstić information content (AvgIpc) is 3.57. The first-order valence-corrected chi connectivity index (χ1v) is 13.1. The maximum absolute atomic E-state index is 13.8. The number of amides is 2. The normalized spacial score (nSPS) is 24.2. The van der Waals surface area contributed by atoms with Crippen LogP contribution in [0.15, 0.2) is 58.2 Å². The quantitative estimate of drug-likeness (QED) is 0.523. The number of benzene rings is 1. The van der Waals surface area contributed by atoms with E-state index in [9.17, 15) is 14.7 Å². The molecule has 2 aliphatic rings. The summed E-state index contributed by atoms with van der Waals surface area (Å²) >= 11 is 0. The first-order valence-electron chi connectivity index (χ1n) is 13.1. The lowest BCUT2D eigenvalue weighted by Gasteiger charge is -2.30. The highest BCUT2D eigenvalue weighted by Gasteiger charge is 2.48. The maximum Gasteiger partial charge on any atom is 0.256 e. The second-order valence-electron chi connectivity index (χ2n) is 11.1. The minimum Gasteiger partial charge on any atom is -0.391 e. The van der Waals surface area contributed by atoms with Crippen molar-refractivity contribution in [3.8, 4) is 11.1 Å². The Hall–Kier alpha value is -3.65. The number of likely N-dealkylation sites (tertiary alicyclic amines) is 1. The molecule has 4 atom stereocenters. The monoisotopic (exact) mass is 514 g/mol. The number of pyridine rings is 1. The number of hydrogen-bond acceptors (Lipinski definition) is 6. The van der Waals surface area contributed by atoms with Crippen molar-refractivity contribution in [2.24, 2.45) is 10.9 Å². The third-order valence-corrected chi connectivity index (χ3v) is 7.92. The summed E-state index contributed by atoms with van der Waals surface area (Å²) in [6.45, 7) is 9.83. The van der Waals surface area contributed by atoms with Crippen molar-refractivity contribution in [3.05, 3.63) is 71.4 Å². The lowest BCUT2D eigenvalue weighted by Crippen LogP contribution is -2.44. The largest absolute Gasteiger partial charge is 0.391 e. The van der Waals surface area contributed by atoms with Crippen molar-refractivity contribution in [2.75, 3.05) is 6.54 Å². The SMILES string of the molecule is Cc1cc([C@H](C(=O)N2C[C@H](O)C[C@@H]2C2=NC(=O)[C@@](C)(c3ccc(-c4cccnc4C)cc3)C2)C(C)C)on1. The molecule has 0 spiro atoms. The molecule has 2 aromatic heterocycles. The summed E-state index contributed by atoms with van der Waals surface area (Å²) in [5, 5.41) is 14.5. The topological polar surface area (TPSA) is 109 Å². The van der Waals surface area contributed by atoms with Gasteiger partial charge in [-0.15, -0.1) is 0 Å². The van der Waals surface area contributed by atoms with Crippen LogP contribution in [0.3, 0.4) is 0 Å². The highest BCUT2D eigenvalue weighted by atomic mass is 16.5. The first kappa shape index (κ1) is 26.0. The third kappa shape index (κ3) is 4.58. The predicted octanol–water partition coefficient (Wildman–Crippen LogP) is 4.38. The molecule has 0 radical (unpaired) electrons. The van der Waals surface area contributed by atoms with Crippen LogP contribution in [0.5, 0.6) is 0 Å². The number of nitrogens with zero attached hydrogens (tertiary/aromatic N) is 4. The summed E-state index contributed by atoms with van der Waals surface area (Å²) in [6, 6.07) is 13.3. The highest BCUT2D eigenvalue weighted by Crippen LogP contribution is 2.39. The van der Waals surface area contributed by atoms with E-state index < -0.39 is 23.5 Å². The summed E-state index contributed by atoms with van der Waals surface area (Å²) in [4.78, 5) is 37.6. The Morgan fingerprint density at radius 1 is 1.18 bits per heavy atom. The van der Waals surface area contributed by atoms with E-state index in [-0.39, 0.29) is 24.3 Å². The van der Waals surface area contributed by atoms with E-state index in [2.05, 4.69) is 15.1 Å². The van der Waals surface area contributed by atoms with Crippen LogP contribution >= 0.6 is 0 Å². The molecule has 1 fully saturated rings. The highest BCUT2D eigenvalue weighted by molar-refractivity contribution is 6.11. The zero-order valence-corrected chi connectivity index (χ0v) is 22.5. The second kappa shape index (κ2) is 9.91. The summed E-state index contributed by atoms with van der Waals surface area (Å²) < 4.78 is 5.46.